The highest BCUT2D eigenvalue weighted by Gasteiger charge is 2.23. The fraction of sp³-hybridized carbons (Fsp3) is 0.500. The molecule has 33 heavy (non-hydrogen) atoms. The van der Waals surface area contributed by atoms with E-state index in [9.17, 15) is 4.79 Å². The largest absolute Gasteiger partial charge is 0.352 e. The van der Waals surface area contributed by atoms with Crippen molar-refractivity contribution < 1.29 is 4.79 Å². The summed E-state index contributed by atoms with van der Waals surface area (Å²) in [7, 11) is 0. The summed E-state index contributed by atoms with van der Waals surface area (Å²) < 4.78 is 4.17. The van der Waals surface area contributed by atoms with E-state index in [1.807, 2.05) is 42.8 Å². The summed E-state index contributed by atoms with van der Waals surface area (Å²) in [4.78, 5) is 12.9. The second kappa shape index (κ2) is 10.7. The van der Waals surface area contributed by atoms with E-state index in [1.54, 1.807) is 11.8 Å². The van der Waals surface area contributed by atoms with Crippen LogP contribution in [0, 0.1) is 13.8 Å². The second-order valence-electron chi connectivity index (χ2n) is 8.57. The Balaban J connectivity index is 1.36. The first-order chi connectivity index (χ1) is 16.0. The Bertz CT molecular complexity index is 1120. The lowest BCUT2D eigenvalue weighted by Gasteiger charge is -2.16. The molecule has 0 radical (unpaired) electrons. The number of hydrogen-bond acceptors (Lipinski definition) is 5. The molecule has 1 aliphatic carbocycles. The smallest absolute Gasteiger partial charge is 0.255 e. The Kier molecular flexibility index (Phi) is 7.75. The van der Waals surface area contributed by atoms with Crippen LogP contribution in [0.1, 0.15) is 71.3 Å². The van der Waals surface area contributed by atoms with E-state index in [0.29, 0.717) is 29.7 Å². The van der Waals surface area contributed by atoms with Gasteiger partial charge in [0.2, 0.25) is 0 Å². The summed E-state index contributed by atoms with van der Waals surface area (Å²) in [5.74, 6) is 0.942. The van der Waals surface area contributed by atoms with Gasteiger partial charge in [0.15, 0.2) is 5.16 Å². The Morgan fingerprint density at radius 2 is 1.97 bits per heavy atom. The van der Waals surface area contributed by atoms with E-state index in [-0.39, 0.29) is 5.91 Å². The molecule has 2 heterocycles. The van der Waals surface area contributed by atoms with Crippen molar-refractivity contribution in [3.63, 3.8) is 0 Å². The average Bonchev–Trinajstić information content (AvgIpc) is 3.52. The number of halogens is 1. The topological polar surface area (TPSA) is 77.6 Å². The van der Waals surface area contributed by atoms with Gasteiger partial charge in [-0.3, -0.25) is 9.48 Å². The molecule has 176 valence electrons. The van der Waals surface area contributed by atoms with Crippen LogP contribution < -0.4 is 5.32 Å². The van der Waals surface area contributed by atoms with Crippen molar-refractivity contribution in [1.82, 2.24) is 29.9 Å². The molecule has 2 aromatic heterocycles. The Morgan fingerprint density at radius 3 is 2.70 bits per heavy atom. The number of nitrogens with one attached hydrogen (secondary N) is 1. The summed E-state index contributed by atoms with van der Waals surface area (Å²) in [6, 6.07) is 8.22. The van der Waals surface area contributed by atoms with Crippen LogP contribution in [0.4, 0.5) is 0 Å². The molecule has 1 fully saturated rings. The van der Waals surface area contributed by atoms with Crippen LogP contribution in [0.5, 0.6) is 0 Å². The molecular formula is C24H31ClN6OS. The lowest BCUT2D eigenvalue weighted by molar-refractivity contribution is 0.0951. The SMILES string of the molecule is CSc1nnc(CCCNC(=O)c2c(C)nn(Cc3ccccc3Cl)c2C)n1C1CCCC1. The fourth-order valence-electron chi connectivity index (χ4n) is 4.65. The molecule has 9 heteroatoms. The predicted molar refractivity (Wildman–Crippen MR) is 132 cm³/mol. The Labute approximate surface area is 204 Å². The first kappa shape index (κ1) is 23.8. The number of carbonyl (C=O) groups excluding carboxylic acids is 1. The molecule has 1 amide bonds. The van der Waals surface area contributed by atoms with Crippen LogP contribution in [-0.4, -0.2) is 43.3 Å². The van der Waals surface area contributed by atoms with Crippen molar-refractivity contribution in [3.8, 4) is 0 Å². The van der Waals surface area contributed by atoms with Crippen molar-refractivity contribution in [2.24, 2.45) is 0 Å². The summed E-state index contributed by atoms with van der Waals surface area (Å²) in [6.07, 6.45) is 8.61. The molecule has 7 nitrogen and oxygen atoms in total. The molecule has 3 aromatic rings. The minimum Gasteiger partial charge on any atom is -0.352 e. The van der Waals surface area contributed by atoms with Gasteiger partial charge in [-0.15, -0.1) is 10.2 Å². The van der Waals surface area contributed by atoms with Gasteiger partial charge in [0.05, 0.1) is 17.8 Å². The van der Waals surface area contributed by atoms with Gasteiger partial charge >= 0.3 is 0 Å². The zero-order chi connectivity index (χ0) is 23.4. The highest BCUT2D eigenvalue weighted by Crippen LogP contribution is 2.33. The van der Waals surface area contributed by atoms with Crippen LogP contribution in [0.25, 0.3) is 0 Å². The number of amides is 1. The molecule has 0 aliphatic heterocycles. The molecule has 0 spiro atoms. The third-order valence-corrected chi connectivity index (χ3v) is 7.37. The van der Waals surface area contributed by atoms with Crippen molar-refractivity contribution in [2.75, 3.05) is 12.8 Å². The molecule has 1 saturated carbocycles. The van der Waals surface area contributed by atoms with E-state index in [2.05, 4.69) is 31.4 Å². The number of rotatable bonds is 9. The first-order valence-electron chi connectivity index (χ1n) is 11.5. The third kappa shape index (κ3) is 5.27. The van der Waals surface area contributed by atoms with Gasteiger partial charge in [-0.25, -0.2) is 0 Å². The number of benzene rings is 1. The van der Waals surface area contributed by atoms with Crippen molar-refractivity contribution >= 4 is 29.3 Å². The highest BCUT2D eigenvalue weighted by atomic mass is 35.5. The maximum Gasteiger partial charge on any atom is 0.255 e. The average molecular weight is 487 g/mol. The van der Waals surface area contributed by atoms with Crippen LogP contribution in [0.2, 0.25) is 5.02 Å². The van der Waals surface area contributed by atoms with Crippen LogP contribution in [0.3, 0.4) is 0 Å². The zero-order valence-corrected chi connectivity index (χ0v) is 21.0. The van der Waals surface area contributed by atoms with Gasteiger partial charge < -0.3 is 9.88 Å². The molecule has 0 atom stereocenters. The molecule has 4 rings (SSSR count). The molecule has 0 saturated heterocycles. The normalized spacial score (nSPS) is 14.2. The van der Waals surface area contributed by atoms with E-state index >= 15 is 0 Å². The Morgan fingerprint density at radius 1 is 1.21 bits per heavy atom. The number of carbonyl (C=O) groups is 1. The van der Waals surface area contributed by atoms with Crippen LogP contribution in [-0.2, 0) is 13.0 Å². The van der Waals surface area contributed by atoms with Crippen LogP contribution in [0.15, 0.2) is 29.4 Å². The lowest BCUT2D eigenvalue weighted by Crippen LogP contribution is -2.26. The third-order valence-electron chi connectivity index (χ3n) is 6.36. The lowest BCUT2D eigenvalue weighted by atomic mass is 10.1. The maximum atomic E-state index is 12.9. The fourth-order valence-corrected chi connectivity index (χ4v) is 5.42. The van der Waals surface area contributed by atoms with Gasteiger partial charge in [0, 0.05) is 29.7 Å². The van der Waals surface area contributed by atoms with E-state index < -0.39 is 0 Å². The number of aryl methyl sites for hydroxylation is 2. The molecular weight excluding hydrogens is 456 g/mol. The molecule has 1 N–H and O–H groups in total. The van der Waals surface area contributed by atoms with E-state index in [0.717, 1.165) is 40.8 Å². The summed E-state index contributed by atoms with van der Waals surface area (Å²) in [5, 5.41) is 18.2. The van der Waals surface area contributed by atoms with E-state index in [1.165, 1.54) is 25.7 Å². The molecule has 1 aliphatic rings. The maximum absolute atomic E-state index is 12.9. The number of thioether (sulfide) groups is 1. The number of hydrogen-bond donors (Lipinski definition) is 1. The van der Waals surface area contributed by atoms with Crippen LogP contribution >= 0.6 is 23.4 Å². The van der Waals surface area contributed by atoms with Gasteiger partial charge in [-0.1, -0.05) is 54.4 Å². The molecule has 1 aromatic carbocycles. The first-order valence-corrected chi connectivity index (χ1v) is 13.1. The minimum atomic E-state index is -0.0857. The second-order valence-corrected chi connectivity index (χ2v) is 9.75. The van der Waals surface area contributed by atoms with E-state index in [4.69, 9.17) is 11.6 Å². The molecule has 0 bridgehead atoms. The summed E-state index contributed by atoms with van der Waals surface area (Å²) in [5.41, 5.74) is 3.19. The Hall–Kier alpha value is -2.32. The van der Waals surface area contributed by atoms with Crippen molar-refractivity contribution in [2.45, 2.75) is 70.1 Å². The number of aromatic nitrogens is 5. The van der Waals surface area contributed by atoms with Crippen molar-refractivity contribution in [1.29, 1.82) is 0 Å². The summed E-state index contributed by atoms with van der Waals surface area (Å²) >= 11 is 7.95. The minimum absolute atomic E-state index is 0.0857. The standard InChI is InChI=1S/C24H31ClN6OS/c1-16-22(17(2)30(29-16)15-18-9-4-7-12-20(18)25)23(32)26-14-8-13-21-27-28-24(33-3)31(21)19-10-5-6-11-19/h4,7,9,12,19H,5-6,8,10-11,13-15H2,1-3H3,(H,26,32). The van der Waals surface area contributed by atoms with Gasteiger partial charge in [0.1, 0.15) is 5.82 Å². The monoisotopic (exact) mass is 486 g/mol. The van der Waals surface area contributed by atoms with Crippen molar-refractivity contribution in [3.05, 3.63) is 57.6 Å². The van der Waals surface area contributed by atoms with Gasteiger partial charge in [-0.05, 0) is 51.0 Å². The summed E-state index contributed by atoms with van der Waals surface area (Å²) in [6.45, 7) is 4.92. The quantitative estimate of drug-likeness (QED) is 0.340. The van der Waals surface area contributed by atoms with Gasteiger partial charge in [-0.2, -0.15) is 5.10 Å². The predicted octanol–water partition coefficient (Wildman–Crippen LogP) is 4.99. The number of nitrogens with zero attached hydrogens (tertiary/aromatic N) is 5. The highest BCUT2D eigenvalue weighted by molar-refractivity contribution is 7.98. The molecule has 0 unspecified atom stereocenters. The zero-order valence-electron chi connectivity index (χ0n) is 19.5. The van der Waals surface area contributed by atoms with Gasteiger partial charge in [0.25, 0.3) is 5.91 Å².